The fraction of sp³-hybridized carbons (Fsp3) is 1.00. The van der Waals surface area contributed by atoms with Gasteiger partial charge in [0.05, 0.1) is 6.61 Å². The minimum absolute atomic E-state index is 0.0284. The van der Waals surface area contributed by atoms with E-state index in [4.69, 9.17) is 5.84 Å². The number of hydrazine groups is 1. The molecule has 0 aromatic heterocycles. The van der Waals surface area contributed by atoms with Crippen molar-refractivity contribution >= 4 is 0 Å². The lowest BCUT2D eigenvalue weighted by atomic mass is 10.00. The van der Waals surface area contributed by atoms with E-state index in [9.17, 15) is 13.2 Å². The fourth-order valence-corrected chi connectivity index (χ4v) is 1.98. The minimum Gasteiger partial charge on any atom is -0.370 e. The molecule has 1 aliphatic carbocycles. The van der Waals surface area contributed by atoms with Crippen LogP contribution in [0.3, 0.4) is 0 Å². The molecule has 0 saturated heterocycles. The van der Waals surface area contributed by atoms with Crippen LogP contribution in [0.2, 0.25) is 0 Å². The van der Waals surface area contributed by atoms with E-state index in [0.29, 0.717) is 5.92 Å². The molecule has 0 aliphatic heterocycles. The first kappa shape index (κ1) is 12.7. The lowest BCUT2D eigenvalue weighted by Crippen LogP contribution is -2.44. The Morgan fingerprint density at radius 2 is 1.93 bits per heavy atom. The van der Waals surface area contributed by atoms with Crippen LogP contribution in [0.25, 0.3) is 0 Å². The maximum Gasteiger partial charge on any atom is 0.411 e. The van der Waals surface area contributed by atoms with Crippen molar-refractivity contribution in [1.29, 1.82) is 0 Å². The van der Waals surface area contributed by atoms with Gasteiger partial charge in [-0.1, -0.05) is 12.8 Å². The van der Waals surface area contributed by atoms with Crippen LogP contribution in [0.15, 0.2) is 0 Å². The van der Waals surface area contributed by atoms with Crippen molar-refractivity contribution in [2.24, 2.45) is 11.8 Å². The molecule has 1 aliphatic rings. The predicted molar refractivity (Wildman–Crippen MR) is 49.9 cm³/mol. The summed E-state index contributed by atoms with van der Waals surface area (Å²) in [5.74, 6) is 5.64. The minimum atomic E-state index is -4.26. The third kappa shape index (κ3) is 4.81. The SMILES string of the molecule is NNC(COCC(F)(F)F)C1CCCC1. The van der Waals surface area contributed by atoms with E-state index in [0.717, 1.165) is 25.7 Å². The molecule has 0 aromatic carbocycles. The Labute approximate surface area is 87.1 Å². The number of hydrogen-bond acceptors (Lipinski definition) is 3. The molecule has 0 spiro atoms. The maximum atomic E-state index is 11.8. The van der Waals surface area contributed by atoms with Crippen molar-refractivity contribution in [3.8, 4) is 0 Å². The highest BCUT2D eigenvalue weighted by molar-refractivity contribution is 4.78. The van der Waals surface area contributed by atoms with Crippen LogP contribution in [-0.2, 0) is 4.74 Å². The van der Waals surface area contributed by atoms with Gasteiger partial charge in [0.15, 0.2) is 0 Å². The Kier molecular flexibility index (Phi) is 4.82. The maximum absolute atomic E-state index is 11.8. The van der Waals surface area contributed by atoms with Crippen LogP contribution in [0, 0.1) is 5.92 Å². The van der Waals surface area contributed by atoms with Gasteiger partial charge >= 0.3 is 6.18 Å². The van der Waals surface area contributed by atoms with E-state index in [-0.39, 0.29) is 12.6 Å². The molecule has 0 amide bonds. The number of halogens is 3. The molecule has 3 nitrogen and oxygen atoms in total. The number of nitrogens with one attached hydrogen (secondary N) is 1. The highest BCUT2D eigenvalue weighted by Gasteiger charge is 2.29. The van der Waals surface area contributed by atoms with Gasteiger partial charge in [-0.05, 0) is 18.8 Å². The van der Waals surface area contributed by atoms with Crippen LogP contribution in [-0.4, -0.2) is 25.4 Å². The lowest BCUT2D eigenvalue weighted by Gasteiger charge is -2.22. The Morgan fingerprint density at radius 1 is 1.33 bits per heavy atom. The van der Waals surface area contributed by atoms with Crippen molar-refractivity contribution in [3.63, 3.8) is 0 Å². The average Bonchev–Trinajstić information content (AvgIpc) is 2.63. The number of rotatable bonds is 5. The van der Waals surface area contributed by atoms with Crippen molar-refractivity contribution in [2.75, 3.05) is 13.2 Å². The van der Waals surface area contributed by atoms with Crippen LogP contribution >= 0.6 is 0 Å². The summed E-state index contributed by atoms with van der Waals surface area (Å²) in [4.78, 5) is 0. The van der Waals surface area contributed by atoms with Crippen molar-refractivity contribution in [2.45, 2.75) is 37.9 Å². The lowest BCUT2D eigenvalue weighted by molar-refractivity contribution is -0.176. The van der Waals surface area contributed by atoms with E-state index in [1.165, 1.54) is 0 Å². The summed E-state index contributed by atoms with van der Waals surface area (Å²) in [6.07, 6.45) is 0.0353. The monoisotopic (exact) mass is 226 g/mol. The number of nitrogens with two attached hydrogens (primary N) is 1. The van der Waals surface area contributed by atoms with E-state index >= 15 is 0 Å². The first-order valence-electron chi connectivity index (χ1n) is 5.13. The summed E-state index contributed by atoms with van der Waals surface area (Å²) in [6, 6.07) is -0.158. The highest BCUT2D eigenvalue weighted by Crippen LogP contribution is 2.27. The van der Waals surface area contributed by atoms with Gasteiger partial charge < -0.3 is 4.74 Å². The van der Waals surface area contributed by atoms with Crippen molar-refractivity contribution in [3.05, 3.63) is 0 Å². The quantitative estimate of drug-likeness (QED) is 0.552. The Balaban J connectivity index is 2.21. The molecule has 1 fully saturated rings. The zero-order chi connectivity index (χ0) is 11.3. The number of alkyl halides is 3. The van der Waals surface area contributed by atoms with E-state index < -0.39 is 12.8 Å². The van der Waals surface area contributed by atoms with Crippen molar-refractivity contribution in [1.82, 2.24) is 5.43 Å². The highest BCUT2D eigenvalue weighted by atomic mass is 19.4. The zero-order valence-electron chi connectivity index (χ0n) is 8.52. The molecular formula is C9H17F3N2O. The van der Waals surface area contributed by atoms with Gasteiger partial charge in [-0.2, -0.15) is 13.2 Å². The molecule has 0 heterocycles. The fourth-order valence-electron chi connectivity index (χ4n) is 1.98. The van der Waals surface area contributed by atoms with E-state index in [2.05, 4.69) is 10.2 Å². The largest absolute Gasteiger partial charge is 0.411 e. The summed E-state index contributed by atoms with van der Waals surface area (Å²) >= 11 is 0. The second-order valence-electron chi connectivity index (χ2n) is 3.95. The Hall–Kier alpha value is -0.330. The summed E-state index contributed by atoms with van der Waals surface area (Å²) in [6.45, 7) is -1.17. The van der Waals surface area contributed by atoms with Crippen LogP contribution < -0.4 is 11.3 Å². The molecule has 1 rings (SSSR count). The molecule has 90 valence electrons. The van der Waals surface area contributed by atoms with Gasteiger partial charge in [-0.15, -0.1) is 0 Å². The topological polar surface area (TPSA) is 47.3 Å². The molecule has 0 aromatic rings. The summed E-state index contributed by atoms with van der Waals surface area (Å²) < 4.78 is 40.0. The third-order valence-corrected chi connectivity index (χ3v) is 2.75. The second-order valence-corrected chi connectivity index (χ2v) is 3.95. The second kappa shape index (κ2) is 5.67. The van der Waals surface area contributed by atoms with Gasteiger partial charge in [0.25, 0.3) is 0 Å². The van der Waals surface area contributed by atoms with Crippen LogP contribution in [0.5, 0.6) is 0 Å². The molecule has 1 atom stereocenters. The smallest absolute Gasteiger partial charge is 0.370 e. The standard InChI is InChI=1S/C9H17F3N2O/c10-9(11,12)6-15-5-8(14-13)7-3-1-2-4-7/h7-8,14H,1-6,13H2. The first-order chi connectivity index (χ1) is 7.03. The number of hydrogen-bond donors (Lipinski definition) is 2. The van der Waals surface area contributed by atoms with Crippen LogP contribution in [0.4, 0.5) is 13.2 Å². The van der Waals surface area contributed by atoms with Gasteiger partial charge in [-0.25, -0.2) is 0 Å². The normalized spacial score (nSPS) is 20.8. The van der Waals surface area contributed by atoms with Crippen LogP contribution in [0.1, 0.15) is 25.7 Å². The molecule has 0 bridgehead atoms. The van der Waals surface area contributed by atoms with E-state index in [1.807, 2.05) is 0 Å². The van der Waals surface area contributed by atoms with Gasteiger partial charge in [-0.3, -0.25) is 11.3 Å². The summed E-state index contributed by atoms with van der Waals surface area (Å²) in [5, 5.41) is 0. The summed E-state index contributed by atoms with van der Waals surface area (Å²) in [5.41, 5.74) is 2.54. The Bertz CT molecular complexity index is 181. The number of ether oxygens (including phenoxy) is 1. The van der Waals surface area contributed by atoms with Gasteiger partial charge in [0.1, 0.15) is 6.61 Å². The molecule has 1 unspecified atom stereocenters. The van der Waals surface area contributed by atoms with Gasteiger partial charge in [0, 0.05) is 6.04 Å². The molecule has 3 N–H and O–H groups in total. The van der Waals surface area contributed by atoms with Crippen molar-refractivity contribution < 1.29 is 17.9 Å². The third-order valence-electron chi connectivity index (χ3n) is 2.75. The van der Waals surface area contributed by atoms with E-state index in [1.54, 1.807) is 0 Å². The molecular weight excluding hydrogens is 209 g/mol. The summed E-state index contributed by atoms with van der Waals surface area (Å²) in [7, 11) is 0. The molecule has 0 radical (unpaired) electrons. The molecule has 1 saturated carbocycles. The van der Waals surface area contributed by atoms with Gasteiger partial charge in [0.2, 0.25) is 0 Å². The predicted octanol–water partition coefficient (Wildman–Crippen LogP) is 1.59. The Morgan fingerprint density at radius 3 is 2.40 bits per heavy atom. The first-order valence-corrected chi connectivity index (χ1v) is 5.13. The molecule has 15 heavy (non-hydrogen) atoms. The zero-order valence-corrected chi connectivity index (χ0v) is 8.52. The average molecular weight is 226 g/mol. The molecule has 6 heteroatoms.